The molecular formula is C66H42. The van der Waals surface area contributed by atoms with E-state index in [0.29, 0.717) is 0 Å². The van der Waals surface area contributed by atoms with Crippen molar-refractivity contribution in [1.29, 1.82) is 0 Å². The Morgan fingerprint density at radius 2 is 0.545 bits per heavy atom. The molecule has 0 N–H and O–H groups in total. The Morgan fingerprint density at radius 1 is 0.152 bits per heavy atom. The highest BCUT2D eigenvalue weighted by atomic mass is 14.3. The van der Waals surface area contributed by atoms with Gasteiger partial charge in [-0.3, -0.25) is 0 Å². The van der Waals surface area contributed by atoms with Gasteiger partial charge in [0, 0.05) is 0 Å². The van der Waals surface area contributed by atoms with Crippen molar-refractivity contribution in [3.63, 3.8) is 0 Å². The molecule has 0 aliphatic heterocycles. The topological polar surface area (TPSA) is 0 Å². The molecule has 0 aliphatic carbocycles. The summed E-state index contributed by atoms with van der Waals surface area (Å²) in [6, 6.07) is 94.3. The number of fused-ring (bicyclic) bond motifs is 7. The zero-order valence-corrected chi connectivity index (χ0v) is 36.2. The molecule has 0 radical (unpaired) electrons. The summed E-state index contributed by atoms with van der Waals surface area (Å²) < 4.78 is 0. The van der Waals surface area contributed by atoms with Gasteiger partial charge in [0.25, 0.3) is 0 Å². The van der Waals surface area contributed by atoms with Crippen LogP contribution in [0.5, 0.6) is 0 Å². The van der Waals surface area contributed by atoms with Gasteiger partial charge in [-0.05, 0) is 156 Å². The Morgan fingerprint density at radius 3 is 1.09 bits per heavy atom. The summed E-state index contributed by atoms with van der Waals surface area (Å²) in [4.78, 5) is 0. The second kappa shape index (κ2) is 15.6. The second-order valence-electron chi connectivity index (χ2n) is 17.5. The van der Waals surface area contributed by atoms with Crippen LogP contribution in [0.2, 0.25) is 0 Å². The van der Waals surface area contributed by atoms with E-state index < -0.39 is 0 Å². The van der Waals surface area contributed by atoms with Crippen molar-refractivity contribution >= 4 is 64.6 Å². The number of hydrogen-bond acceptors (Lipinski definition) is 0. The van der Waals surface area contributed by atoms with Crippen molar-refractivity contribution in [2.75, 3.05) is 0 Å². The molecule has 0 fully saturated rings. The fourth-order valence-electron chi connectivity index (χ4n) is 10.9. The molecule has 13 aromatic carbocycles. The van der Waals surface area contributed by atoms with Crippen LogP contribution >= 0.6 is 0 Å². The Labute approximate surface area is 384 Å². The number of benzene rings is 13. The Bertz CT molecular complexity index is 3950. The van der Waals surface area contributed by atoms with Crippen molar-refractivity contribution in [2.24, 2.45) is 0 Å². The molecule has 13 rings (SSSR count). The number of rotatable bonds is 6. The first kappa shape index (κ1) is 37.9. The molecule has 0 bridgehead atoms. The zero-order chi connectivity index (χ0) is 43.6. The minimum absolute atomic E-state index is 1.20. The minimum atomic E-state index is 1.20. The molecule has 66 heavy (non-hydrogen) atoms. The molecule has 0 heteroatoms. The minimum Gasteiger partial charge on any atom is -0.0622 e. The molecule has 0 nitrogen and oxygen atoms in total. The average molecular weight is 835 g/mol. The van der Waals surface area contributed by atoms with E-state index >= 15 is 0 Å². The lowest BCUT2D eigenvalue weighted by Crippen LogP contribution is -1.95. The lowest BCUT2D eigenvalue weighted by molar-refractivity contribution is 1.61. The van der Waals surface area contributed by atoms with Crippen LogP contribution in [0.4, 0.5) is 0 Å². The van der Waals surface area contributed by atoms with E-state index in [1.165, 1.54) is 131 Å². The lowest BCUT2D eigenvalue weighted by Gasteiger charge is -2.22. The summed E-state index contributed by atoms with van der Waals surface area (Å²) >= 11 is 0. The molecular weight excluding hydrogens is 793 g/mol. The molecule has 0 aromatic heterocycles. The third-order valence-corrected chi connectivity index (χ3v) is 13.8. The van der Waals surface area contributed by atoms with Crippen LogP contribution in [0.3, 0.4) is 0 Å². The SMILES string of the molecule is c1ccc(-c2cc3ccccc3cc2-c2ccc3c(c2)c(-c2ccccc2)c(-c2ccccc2)c2cc(-c4c5ccccc5c(-c5cccc6ccccc56)c5ccccc45)ccc23)cc1. The third kappa shape index (κ3) is 6.15. The van der Waals surface area contributed by atoms with Crippen LogP contribution in [0.25, 0.3) is 131 Å². The van der Waals surface area contributed by atoms with E-state index in [9.17, 15) is 0 Å². The molecule has 0 saturated heterocycles. The Balaban J connectivity index is 1.12. The van der Waals surface area contributed by atoms with Crippen LogP contribution in [0, 0.1) is 0 Å². The predicted molar refractivity (Wildman–Crippen MR) is 284 cm³/mol. The molecule has 0 spiro atoms. The first-order valence-corrected chi connectivity index (χ1v) is 22.9. The largest absolute Gasteiger partial charge is 0.0622 e. The Hall–Kier alpha value is -8.58. The lowest BCUT2D eigenvalue weighted by atomic mass is 9.81. The summed E-state index contributed by atoms with van der Waals surface area (Å²) in [5.74, 6) is 0. The molecule has 0 saturated carbocycles. The van der Waals surface area contributed by atoms with Gasteiger partial charge in [-0.25, -0.2) is 0 Å². The normalized spacial score (nSPS) is 11.6. The maximum Gasteiger partial charge on any atom is -0.00201 e. The molecule has 0 heterocycles. The average Bonchev–Trinajstić information content (AvgIpc) is 3.39. The smallest absolute Gasteiger partial charge is 0.00201 e. The van der Waals surface area contributed by atoms with Crippen LogP contribution in [-0.4, -0.2) is 0 Å². The fourth-order valence-corrected chi connectivity index (χ4v) is 10.9. The van der Waals surface area contributed by atoms with E-state index in [1.807, 2.05) is 0 Å². The molecule has 13 aromatic rings. The molecule has 306 valence electrons. The summed E-state index contributed by atoms with van der Waals surface area (Å²) in [6.07, 6.45) is 0. The van der Waals surface area contributed by atoms with E-state index in [4.69, 9.17) is 0 Å². The molecule has 0 unspecified atom stereocenters. The highest BCUT2D eigenvalue weighted by Gasteiger charge is 2.22. The van der Waals surface area contributed by atoms with Gasteiger partial charge in [0.2, 0.25) is 0 Å². The van der Waals surface area contributed by atoms with Gasteiger partial charge in [0.05, 0.1) is 0 Å². The van der Waals surface area contributed by atoms with Crippen LogP contribution in [0.15, 0.2) is 255 Å². The van der Waals surface area contributed by atoms with Gasteiger partial charge in [-0.2, -0.15) is 0 Å². The van der Waals surface area contributed by atoms with Gasteiger partial charge in [-0.1, -0.05) is 231 Å². The van der Waals surface area contributed by atoms with Crippen molar-refractivity contribution in [2.45, 2.75) is 0 Å². The first-order chi connectivity index (χ1) is 32.8. The summed E-state index contributed by atoms with van der Waals surface area (Å²) in [6.45, 7) is 0. The highest BCUT2D eigenvalue weighted by molar-refractivity contribution is 6.26. The van der Waals surface area contributed by atoms with Crippen molar-refractivity contribution < 1.29 is 0 Å². The Kier molecular flexibility index (Phi) is 8.96. The predicted octanol–water partition coefficient (Wildman–Crippen LogP) is 18.6. The van der Waals surface area contributed by atoms with E-state index in [2.05, 4.69) is 255 Å². The molecule has 0 aliphatic rings. The van der Waals surface area contributed by atoms with Crippen molar-refractivity contribution in [3.8, 4) is 66.8 Å². The van der Waals surface area contributed by atoms with Crippen LogP contribution < -0.4 is 0 Å². The maximum atomic E-state index is 2.49. The summed E-state index contributed by atoms with van der Waals surface area (Å²) in [5, 5.41) is 14.9. The molecule has 0 amide bonds. The van der Waals surface area contributed by atoms with E-state index in [-0.39, 0.29) is 0 Å². The standard InChI is InChI=1S/C66H42/c1-4-19-44(20-5-1)59-39-47-26-10-11-27-48(47)40-60(59)49-35-37-52-53-38-36-50(42-62(53)65(46-24-8-3-9-25-46)64(61(52)41-49)45-22-6-2-7-23-45)63-55-30-14-16-32-57(55)66(58-33-17-15-31-56(58)63)54-34-18-28-43-21-12-13-29-51(43)54/h1-42H. The van der Waals surface area contributed by atoms with Gasteiger partial charge in [0.1, 0.15) is 0 Å². The van der Waals surface area contributed by atoms with E-state index in [1.54, 1.807) is 0 Å². The van der Waals surface area contributed by atoms with Crippen LogP contribution in [-0.2, 0) is 0 Å². The first-order valence-electron chi connectivity index (χ1n) is 22.9. The van der Waals surface area contributed by atoms with Crippen molar-refractivity contribution in [3.05, 3.63) is 255 Å². The maximum absolute atomic E-state index is 2.49. The summed E-state index contributed by atoms with van der Waals surface area (Å²) in [7, 11) is 0. The van der Waals surface area contributed by atoms with Crippen LogP contribution in [0.1, 0.15) is 0 Å². The zero-order valence-electron chi connectivity index (χ0n) is 36.2. The quantitative estimate of drug-likeness (QED) is 0.116. The fraction of sp³-hybridized carbons (Fsp3) is 0. The van der Waals surface area contributed by atoms with E-state index in [0.717, 1.165) is 0 Å². The van der Waals surface area contributed by atoms with Crippen molar-refractivity contribution in [1.82, 2.24) is 0 Å². The summed E-state index contributed by atoms with van der Waals surface area (Å²) in [5.41, 5.74) is 14.7. The van der Waals surface area contributed by atoms with Gasteiger partial charge < -0.3 is 0 Å². The highest BCUT2D eigenvalue weighted by Crippen LogP contribution is 2.50. The van der Waals surface area contributed by atoms with Gasteiger partial charge in [-0.15, -0.1) is 0 Å². The number of hydrogen-bond donors (Lipinski definition) is 0. The third-order valence-electron chi connectivity index (χ3n) is 13.8. The van der Waals surface area contributed by atoms with Gasteiger partial charge in [0.15, 0.2) is 0 Å². The second-order valence-corrected chi connectivity index (χ2v) is 17.5. The monoisotopic (exact) mass is 834 g/mol. The molecule has 0 atom stereocenters. The van der Waals surface area contributed by atoms with Gasteiger partial charge >= 0.3 is 0 Å².